The molecule has 1 aliphatic rings. The van der Waals surface area contributed by atoms with E-state index in [0.29, 0.717) is 0 Å². The number of hydrogen-bond donors (Lipinski definition) is 1. The van der Waals surface area contributed by atoms with Crippen LogP contribution in [0.4, 0.5) is 0 Å². The second-order valence-corrected chi connectivity index (χ2v) is 5.38. The van der Waals surface area contributed by atoms with Crippen molar-refractivity contribution in [2.45, 2.75) is 65.0 Å². The monoisotopic (exact) mass is 251 g/mol. The van der Waals surface area contributed by atoms with Crippen molar-refractivity contribution in [3.05, 3.63) is 5.82 Å². The molecule has 18 heavy (non-hydrogen) atoms. The Kier molecular flexibility index (Phi) is 5.11. The van der Waals surface area contributed by atoms with Crippen LogP contribution >= 0.6 is 0 Å². The summed E-state index contributed by atoms with van der Waals surface area (Å²) < 4.78 is 1.98. The van der Waals surface area contributed by atoms with Gasteiger partial charge in [0, 0.05) is 6.54 Å². The smallest absolute Gasteiger partial charge is 0.167 e. The minimum atomic E-state index is 0.239. The molecule has 1 N–H and O–H groups in total. The number of tetrazole rings is 1. The van der Waals surface area contributed by atoms with E-state index in [2.05, 4.69) is 34.7 Å². The van der Waals surface area contributed by atoms with Gasteiger partial charge in [0.25, 0.3) is 0 Å². The molecule has 0 spiro atoms. The zero-order chi connectivity index (χ0) is 12.8. The highest BCUT2D eigenvalue weighted by molar-refractivity contribution is 4.89. The highest BCUT2D eigenvalue weighted by Crippen LogP contribution is 2.28. The molecule has 1 aromatic rings. The van der Waals surface area contributed by atoms with Gasteiger partial charge in [0.2, 0.25) is 0 Å². The lowest BCUT2D eigenvalue weighted by atomic mass is 10.0. The summed E-state index contributed by atoms with van der Waals surface area (Å²) in [7, 11) is 0. The number of hydrogen-bond acceptors (Lipinski definition) is 4. The molecule has 0 aliphatic heterocycles. The van der Waals surface area contributed by atoms with Gasteiger partial charge in [-0.25, -0.2) is 4.68 Å². The maximum absolute atomic E-state index is 4.15. The Balaban J connectivity index is 1.86. The van der Waals surface area contributed by atoms with E-state index < -0.39 is 0 Å². The van der Waals surface area contributed by atoms with Gasteiger partial charge in [-0.1, -0.05) is 32.6 Å². The number of nitrogens with zero attached hydrogens (tertiary/aromatic N) is 4. The fraction of sp³-hybridized carbons (Fsp3) is 0.923. The summed E-state index contributed by atoms with van der Waals surface area (Å²) in [5.41, 5.74) is 0. The van der Waals surface area contributed by atoms with E-state index in [9.17, 15) is 0 Å². The standard InChI is InChI=1S/C13H25N5/c1-3-9-14-11(2)13-15-16-17-18(13)10-8-12-6-4-5-7-12/h11-12,14H,3-10H2,1-2H3. The Labute approximate surface area is 109 Å². The molecule has 0 radical (unpaired) electrons. The fourth-order valence-electron chi connectivity index (χ4n) is 2.74. The molecule has 5 nitrogen and oxygen atoms in total. The van der Waals surface area contributed by atoms with Crippen LogP contribution in [0.2, 0.25) is 0 Å². The minimum Gasteiger partial charge on any atom is -0.307 e. The highest BCUT2D eigenvalue weighted by atomic mass is 15.5. The molecular weight excluding hydrogens is 226 g/mol. The number of nitrogens with one attached hydrogen (secondary N) is 1. The van der Waals surface area contributed by atoms with E-state index in [1.165, 1.54) is 32.1 Å². The van der Waals surface area contributed by atoms with Gasteiger partial charge in [0.1, 0.15) is 0 Å². The van der Waals surface area contributed by atoms with Crippen molar-refractivity contribution in [1.29, 1.82) is 0 Å². The van der Waals surface area contributed by atoms with Gasteiger partial charge in [-0.2, -0.15) is 0 Å². The van der Waals surface area contributed by atoms with Crippen molar-refractivity contribution >= 4 is 0 Å². The van der Waals surface area contributed by atoms with Crippen LogP contribution in [0.5, 0.6) is 0 Å². The van der Waals surface area contributed by atoms with Gasteiger partial charge < -0.3 is 5.32 Å². The zero-order valence-corrected chi connectivity index (χ0v) is 11.6. The topological polar surface area (TPSA) is 55.6 Å². The molecule has 1 aliphatic carbocycles. The van der Waals surface area contributed by atoms with Crippen LogP contribution in [0.15, 0.2) is 0 Å². The van der Waals surface area contributed by atoms with Crippen LogP contribution in [-0.4, -0.2) is 26.8 Å². The second-order valence-electron chi connectivity index (χ2n) is 5.38. The molecule has 1 unspecified atom stereocenters. The molecule has 102 valence electrons. The van der Waals surface area contributed by atoms with E-state index in [1.54, 1.807) is 0 Å². The molecule has 1 fully saturated rings. The van der Waals surface area contributed by atoms with Gasteiger partial charge in [0.05, 0.1) is 6.04 Å². The maximum Gasteiger partial charge on any atom is 0.167 e. The van der Waals surface area contributed by atoms with E-state index in [4.69, 9.17) is 0 Å². The lowest BCUT2D eigenvalue weighted by molar-refractivity contribution is 0.412. The molecule has 5 heteroatoms. The normalized spacial score (nSPS) is 18.3. The summed E-state index contributed by atoms with van der Waals surface area (Å²) in [5.74, 6) is 1.86. The summed E-state index contributed by atoms with van der Waals surface area (Å²) >= 11 is 0. The Bertz CT molecular complexity index is 343. The first kappa shape index (κ1) is 13.5. The van der Waals surface area contributed by atoms with Crippen molar-refractivity contribution < 1.29 is 0 Å². The van der Waals surface area contributed by atoms with Gasteiger partial charge >= 0.3 is 0 Å². The van der Waals surface area contributed by atoms with Crippen molar-refractivity contribution in [1.82, 2.24) is 25.5 Å². The largest absolute Gasteiger partial charge is 0.307 e. The molecule has 1 saturated carbocycles. The van der Waals surface area contributed by atoms with Crippen LogP contribution in [0.25, 0.3) is 0 Å². The third-order valence-electron chi connectivity index (χ3n) is 3.87. The number of rotatable bonds is 7. The van der Waals surface area contributed by atoms with Crippen molar-refractivity contribution in [3.63, 3.8) is 0 Å². The van der Waals surface area contributed by atoms with Crippen LogP contribution in [0, 0.1) is 5.92 Å². The van der Waals surface area contributed by atoms with E-state index in [1.807, 2.05) is 4.68 Å². The average molecular weight is 251 g/mol. The summed E-state index contributed by atoms with van der Waals surface area (Å²) in [5, 5.41) is 15.5. The minimum absolute atomic E-state index is 0.239. The van der Waals surface area contributed by atoms with E-state index in [-0.39, 0.29) is 6.04 Å². The van der Waals surface area contributed by atoms with Crippen LogP contribution in [0.3, 0.4) is 0 Å². The van der Waals surface area contributed by atoms with Crippen molar-refractivity contribution in [3.8, 4) is 0 Å². The van der Waals surface area contributed by atoms with Crippen LogP contribution < -0.4 is 5.32 Å². The second kappa shape index (κ2) is 6.83. The van der Waals surface area contributed by atoms with Crippen LogP contribution in [0.1, 0.15) is 64.2 Å². The van der Waals surface area contributed by atoms with Gasteiger partial charge in [-0.05, 0) is 42.7 Å². The number of aromatic nitrogens is 4. The highest BCUT2D eigenvalue weighted by Gasteiger charge is 2.17. The maximum atomic E-state index is 4.15. The van der Waals surface area contributed by atoms with Crippen molar-refractivity contribution in [2.24, 2.45) is 5.92 Å². The third kappa shape index (κ3) is 3.51. The summed E-state index contributed by atoms with van der Waals surface area (Å²) in [6.45, 7) is 6.28. The quantitative estimate of drug-likeness (QED) is 0.808. The van der Waals surface area contributed by atoms with Gasteiger partial charge in [-0.15, -0.1) is 5.10 Å². The number of aryl methyl sites for hydroxylation is 1. The Morgan fingerprint density at radius 3 is 2.89 bits per heavy atom. The summed E-state index contributed by atoms with van der Waals surface area (Å²) in [4.78, 5) is 0. The molecule has 0 saturated heterocycles. The third-order valence-corrected chi connectivity index (χ3v) is 3.87. The lowest BCUT2D eigenvalue weighted by Crippen LogP contribution is -2.23. The lowest BCUT2D eigenvalue weighted by Gasteiger charge is -2.14. The molecular formula is C13H25N5. The average Bonchev–Trinajstić information content (AvgIpc) is 3.03. The Hall–Kier alpha value is -0.970. The van der Waals surface area contributed by atoms with Gasteiger partial charge in [-0.3, -0.25) is 0 Å². The molecule has 1 heterocycles. The summed E-state index contributed by atoms with van der Waals surface area (Å²) in [6, 6.07) is 0.239. The van der Waals surface area contributed by atoms with Crippen molar-refractivity contribution in [2.75, 3.05) is 6.54 Å². The zero-order valence-electron chi connectivity index (χ0n) is 11.6. The molecule has 2 rings (SSSR count). The first-order valence-corrected chi connectivity index (χ1v) is 7.30. The molecule has 0 bridgehead atoms. The molecule has 1 aromatic heterocycles. The van der Waals surface area contributed by atoms with Crippen LogP contribution in [-0.2, 0) is 6.54 Å². The Morgan fingerprint density at radius 2 is 2.17 bits per heavy atom. The molecule has 0 aromatic carbocycles. The Morgan fingerprint density at radius 1 is 1.39 bits per heavy atom. The SMILES string of the molecule is CCCNC(C)c1nnnn1CCC1CCCC1. The molecule has 0 amide bonds. The summed E-state index contributed by atoms with van der Waals surface area (Å²) in [6.07, 6.45) is 7.94. The molecule has 1 atom stereocenters. The van der Waals surface area contributed by atoms with Gasteiger partial charge in [0.15, 0.2) is 5.82 Å². The predicted octanol–water partition coefficient (Wildman–Crippen LogP) is 2.31. The fourth-order valence-corrected chi connectivity index (χ4v) is 2.74. The first-order valence-electron chi connectivity index (χ1n) is 7.30. The predicted molar refractivity (Wildman–Crippen MR) is 71.1 cm³/mol. The first-order chi connectivity index (χ1) is 8.81. The van der Waals surface area contributed by atoms with E-state index >= 15 is 0 Å². The van der Waals surface area contributed by atoms with E-state index in [0.717, 1.165) is 31.3 Å².